The monoisotopic (exact) mass is 386 g/mol. The van der Waals surface area contributed by atoms with Crippen molar-refractivity contribution in [3.63, 3.8) is 0 Å². The molecule has 0 radical (unpaired) electrons. The van der Waals surface area contributed by atoms with E-state index in [1.165, 1.54) is 49.0 Å². The Morgan fingerprint density at radius 1 is 1.08 bits per heavy atom. The van der Waals surface area contributed by atoms with Gasteiger partial charge < -0.3 is 5.73 Å². The lowest BCUT2D eigenvalue weighted by molar-refractivity contribution is 0.671. The van der Waals surface area contributed by atoms with E-state index >= 15 is 0 Å². The third-order valence-corrected chi connectivity index (χ3v) is 7.47. The third kappa shape index (κ3) is 2.99. The van der Waals surface area contributed by atoms with Crippen molar-refractivity contribution < 1.29 is 0 Å². The SMILES string of the molecule is Nc1nc(CSc2n[nH]c(C3CCCC3)n2)nc2sc3c(c12)CCCC3. The number of aryl methyl sites for hydroxylation is 2. The number of thiophene rings is 1. The Balaban J connectivity index is 1.35. The van der Waals surface area contributed by atoms with Crippen LogP contribution in [0.2, 0.25) is 0 Å². The molecule has 8 heteroatoms. The third-order valence-electron chi connectivity index (χ3n) is 5.44. The number of anilines is 1. The van der Waals surface area contributed by atoms with Crippen LogP contribution in [0.4, 0.5) is 5.82 Å². The first-order valence-corrected chi connectivity index (χ1v) is 11.2. The van der Waals surface area contributed by atoms with E-state index in [0.29, 0.717) is 17.5 Å². The van der Waals surface area contributed by atoms with E-state index in [1.54, 1.807) is 23.1 Å². The molecule has 2 aliphatic rings. The van der Waals surface area contributed by atoms with Gasteiger partial charge >= 0.3 is 0 Å². The lowest BCUT2D eigenvalue weighted by Gasteiger charge is -2.10. The van der Waals surface area contributed by atoms with Crippen LogP contribution in [0.15, 0.2) is 5.16 Å². The topological polar surface area (TPSA) is 93.4 Å². The summed E-state index contributed by atoms with van der Waals surface area (Å²) in [5.74, 6) is 3.63. The molecule has 0 aliphatic heterocycles. The second kappa shape index (κ2) is 6.81. The number of hydrogen-bond acceptors (Lipinski definition) is 7. The number of rotatable bonds is 4. The van der Waals surface area contributed by atoms with Crippen LogP contribution in [0.25, 0.3) is 10.2 Å². The maximum Gasteiger partial charge on any atom is 0.208 e. The molecular formula is C18H22N6S2. The maximum atomic E-state index is 6.29. The minimum atomic E-state index is 0.553. The van der Waals surface area contributed by atoms with Gasteiger partial charge in [-0.15, -0.1) is 16.4 Å². The van der Waals surface area contributed by atoms with Gasteiger partial charge in [0.05, 0.1) is 11.1 Å². The normalized spacial score (nSPS) is 17.8. The standard InChI is InChI=1S/C18H22N6S2/c19-15-14-11-7-3-4-8-12(11)26-17(14)21-13(20-15)9-25-18-22-16(23-24-18)10-5-1-2-6-10/h10H,1-9H2,(H2,19,20,21)(H,22,23,24). The van der Waals surface area contributed by atoms with Crippen molar-refractivity contribution in [3.8, 4) is 0 Å². The molecule has 0 bridgehead atoms. The highest BCUT2D eigenvalue weighted by Gasteiger charge is 2.22. The summed E-state index contributed by atoms with van der Waals surface area (Å²) in [5, 5.41) is 9.34. The quantitative estimate of drug-likeness (QED) is 0.652. The van der Waals surface area contributed by atoms with Crippen LogP contribution >= 0.6 is 23.1 Å². The van der Waals surface area contributed by atoms with Crippen LogP contribution in [-0.2, 0) is 18.6 Å². The van der Waals surface area contributed by atoms with Crippen molar-refractivity contribution in [1.82, 2.24) is 25.1 Å². The van der Waals surface area contributed by atoms with E-state index in [-0.39, 0.29) is 0 Å². The lowest BCUT2D eigenvalue weighted by atomic mass is 9.97. The molecule has 0 saturated heterocycles. The van der Waals surface area contributed by atoms with E-state index < -0.39 is 0 Å². The van der Waals surface area contributed by atoms with Crippen LogP contribution < -0.4 is 5.73 Å². The van der Waals surface area contributed by atoms with Gasteiger partial charge in [-0.25, -0.2) is 15.0 Å². The van der Waals surface area contributed by atoms with Crippen LogP contribution in [0.1, 0.15) is 66.5 Å². The number of hydrogen-bond donors (Lipinski definition) is 2. The fourth-order valence-corrected chi connectivity index (χ4v) is 6.08. The highest BCUT2D eigenvalue weighted by Crippen LogP contribution is 2.38. The van der Waals surface area contributed by atoms with E-state index in [1.807, 2.05) is 0 Å². The summed E-state index contributed by atoms with van der Waals surface area (Å²) in [4.78, 5) is 16.5. The minimum absolute atomic E-state index is 0.553. The molecule has 5 rings (SSSR count). The van der Waals surface area contributed by atoms with Crippen molar-refractivity contribution in [2.24, 2.45) is 0 Å². The van der Waals surface area contributed by atoms with Gasteiger partial charge in [-0.3, -0.25) is 5.10 Å². The van der Waals surface area contributed by atoms with Gasteiger partial charge in [0.1, 0.15) is 22.3 Å². The zero-order valence-electron chi connectivity index (χ0n) is 14.6. The molecule has 0 aromatic carbocycles. The second-order valence-corrected chi connectivity index (χ2v) is 9.22. The van der Waals surface area contributed by atoms with Crippen molar-refractivity contribution in [2.45, 2.75) is 68.2 Å². The molecule has 1 fully saturated rings. The number of aromatic nitrogens is 5. The number of nitrogen functional groups attached to an aromatic ring is 1. The molecule has 0 atom stereocenters. The van der Waals surface area contributed by atoms with E-state index in [2.05, 4.69) is 20.2 Å². The van der Waals surface area contributed by atoms with Gasteiger partial charge in [0.25, 0.3) is 0 Å². The zero-order valence-corrected chi connectivity index (χ0v) is 16.3. The summed E-state index contributed by atoms with van der Waals surface area (Å²) in [6, 6.07) is 0. The Labute approximate surface area is 160 Å². The molecule has 0 unspecified atom stereocenters. The molecule has 2 aliphatic carbocycles. The van der Waals surface area contributed by atoms with Crippen molar-refractivity contribution in [2.75, 3.05) is 5.73 Å². The fourth-order valence-electron chi connectivity index (χ4n) is 4.13. The zero-order chi connectivity index (χ0) is 17.5. The molecule has 3 aromatic rings. The molecule has 1 saturated carbocycles. The Morgan fingerprint density at radius 2 is 1.92 bits per heavy atom. The van der Waals surface area contributed by atoms with Crippen molar-refractivity contribution in [1.29, 1.82) is 0 Å². The Morgan fingerprint density at radius 3 is 2.81 bits per heavy atom. The second-order valence-electron chi connectivity index (χ2n) is 7.19. The van der Waals surface area contributed by atoms with Crippen molar-refractivity contribution >= 4 is 39.1 Å². The summed E-state index contributed by atoms with van der Waals surface area (Å²) < 4.78 is 0. The number of nitrogens with two attached hydrogens (primary N) is 1. The Kier molecular flexibility index (Phi) is 4.32. The average molecular weight is 387 g/mol. The number of nitrogens with zero attached hydrogens (tertiary/aromatic N) is 4. The summed E-state index contributed by atoms with van der Waals surface area (Å²) in [6.45, 7) is 0. The van der Waals surface area contributed by atoms with Gasteiger partial charge in [0, 0.05) is 10.8 Å². The number of H-pyrrole nitrogens is 1. The maximum absolute atomic E-state index is 6.29. The van der Waals surface area contributed by atoms with Gasteiger partial charge in [-0.05, 0) is 44.1 Å². The van der Waals surface area contributed by atoms with Gasteiger partial charge in [-0.2, -0.15) is 0 Å². The Hall–Kier alpha value is -1.67. The fraction of sp³-hybridized carbons (Fsp3) is 0.556. The largest absolute Gasteiger partial charge is 0.383 e. The highest BCUT2D eigenvalue weighted by atomic mass is 32.2. The Bertz CT molecular complexity index is 941. The molecule has 3 aromatic heterocycles. The van der Waals surface area contributed by atoms with Gasteiger partial charge in [0.15, 0.2) is 0 Å². The summed E-state index contributed by atoms with van der Waals surface area (Å²) in [7, 11) is 0. The molecule has 3 N–H and O–H groups in total. The van der Waals surface area contributed by atoms with E-state index in [4.69, 9.17) is 10.7 Å². The van der Waals surface area contributed by atoms with Crippen LogP contribution in [0.5, 0.6) is 0 Å². The number of fused-ring (bicyclic) bond motifs is 3. The predicted octanol–water partition coefficient (Wildman–Crippen LogP) is 4.22. The first-order valence-electron chi connectivity index (χ1n) is 9.39. The number of nitrogens with one attached hydrogen (secondary N) is 1. The van der Waals surface area contributed by atoms with Gasteiger partial charge in [0.2, 0.25) is 5.16 Å². The van der Waals surface area contributed by atoms with Crippen LogP contribution in [0, 0.1) is 0 Å². The summed E-state index contributed by atoms with van der Waals surface area (Å²) in [5.41, 5.74) is 7.68. The number of thioether (sulfide) groups is 1. The van der Waals surface area contributed by atoms with Crippen molar-refractivity contribution in [3.05, 3.63) is 22.1 Å². The molecule has 136 valence electrons. The summed E-state index contributed by atoms with van der Waals surface area (Å²) in [6.07, 6.45) is 9.81. The predicted molar refractivity (Wildman–Crippen MR) is 106 cm³/mol. The lowest BCUT2D eigenvalue weighted by Crippen LogP contribution is -2.02. The molecule has 3 heterocycles. The number of aromatic amines is 1. The smallest absolute Gasteiger partial charge is 0.208 e. The highest BCUT2D eigenvalue weighted by molar-refractivity contribution is 7.98. The van der Waals surface area contributed by atoms with Gasteiger partial charge in [-0.1, -0.05) is 24.6 Å². The average Bonchev–Trinajstić information content (AvgIpc) is 3.37. The molecule has 26 heavy (non-hydrogen) atoms. The summed E-state index contributed by atoms with van der Waals surface area (Å²) >= 11 is 3.37. The van der Waals surface area contributed by atoms with E-state index in [9.17, 15) is 0 Å². The molecular weight excluding hydrogens is 364 g/mol. The molecule has 6 nitrogen and oxygen atoms in total. The molecule has 0 spiro atoms. The van der Waals surface area contributed by atoms with Crippen LogP contribution in [-0.4, -0.2) is 25.1 Å². The molecule has 0 amide bonds. The van der Waals surface area contributed by atoms with E-state index in [0.717, 1.165) is 39.9 Å². The first kappa shape index (κ1) is 16.5. The first-order chi connectivity index (χ1) is 12.8. The minimum Gasteiger partial charge on any atom is -0.383 e. The van der Waals surface area contributed by atoms with Crippen LogP contribution in [0.3, 0.4) is 0 Å².